The molecule has 0 atom stereocenters. The largest absolute Gasteiger partial charge is 0.394 e. The Bertz CT molecular complexity index is 443. The van der Waals surface area contributed by atoms with Crippen molar-refractivity contribution in [3.8, 4) is 0 Å². The molecular formula is C12H16F2N2O4. The fourth-order valence-electron chi connectivity index (χ4n) is 1.57. The smallest absolute Gasteiger partial charge is 0.270 e. The number of rotatable bonds is 9. The van der Waals surface area contributed by atoms with E-state index in [2.05, 4.69) is 5.32 Å². The molecule has 1 aromatic carbocycles. The van der Waals surface area contributed by atoms with Gasteiger partial charge in [0.2, 0.25) is 0 Å². The summed E-state index contributed by atoms with van der Waals surface area (Å²) in [5.41, 5.74) is -0.583. The second-order valence-electron chi connectivity index (χ2n) is 3.95. The molecule has 0 aliphatic carbocycles. The van der Waals surface area contributed by atoms with Crippen LogP contribution < -0.4 is 5.32 Å². The van der Waals surface area contributed by atoms with Gasteiger partial charge in [-0.15, -0.1) is 0 Å². The second-order valence-corrected chi connectivity index (χ2v) is 3.95. The summed E-state index contributed by atoms with van der Waals surface area (Å²) in [5.74, 6) is 0. The fraction of sp³-hybridized carbons (Fsp3) is 0.500. The molecule has 0 amide bonds. The lowest BCUT2D eigenvalue weighted by Crippen LogP contribution is -2.09. The number of ether oxygens (including phenoxy) is 1. The lowest BCUT2D eigenvalue weighted by atomic mass is 10.1. The van der Waals surface area contributed by atoms with Gasteiger partial charge in [0.05, 0.1) is 18.1 Å². The molecule has 0 spiro atoms. The molecule has 0 heterocycles. The molecule has 112 valence electrons. The summed E-state index contributed by atoms with van der Waals surface area (Å²) >= 11 is 0. The second kappa shape index (κ2) is 8.39. The van der Waals surface area contributed by atoms with E-state index in [4.69, 9.17) is 9.84 Å². The molecule has 2 N–H and O–H groups in total. The fourth-order valence-corrected chi connectivity index (χ4v) is 1.57. The van der Waals surface area contributed by atoms with E-state index >= 15 is 0 Å². The maximum Gasteiger partial charge on any atom is 0.270 e. The first-order chi connectivity index (χ1) is 9.56. The topological polar surface area (TPSA) is 84.6 Å². The standard InChI is InChI=1S/C12H16F2N2O4/c13-12(14)10-8-9(16(18)19)2-3-11(10)15-4-1-6-20-7-5-17/h2-3,8,12,15,17H,1,4-7H2. The zero-order chi connectivity index (χ0) is 15.0. The number of aliphatic hydroxyl groups excluding tert-OH is 1. The quantitative estimate of drug-likeness (QED) is 0.414. The molecule has 1 aromatic rings. The lowest BCUT2D eigenvalue weighted by Gasteiger charge is -2.11. The van der Waals surface area contributed by atoms with Crippen LogP contribution in [0.4, 0.5) is 20.2 Å². The molecule has 0 saturated carbocycles. The van der Waals surface area contributed by atoms with E-state index in [9.17, 15) is 18.9 Å². The summed E-state index contributed by atoms with van der Waals surface area (Å²) in [7, 11) is 0. The number of nitrogens with zero attached hydrogens (tertiary/aromatic N) is 1. The zero-order valence-corrected chi connectivity index (χ0v) is 10.7. The molecule has 0 saturated heterocycles. The Morgan fingerprint density at radius 1 is 1.40 bits per heavy atom. The number of halogens is 2. The van der Waals surface area contributed by atoms with Crippen molar-refractivity contribution < 1.29 is 23.5 Å². The van der Waals surface area contributed by atoms with E-state index in [1.807, 2.05) is 0 Å². The highest BCUT2D eigenvalue weighted by atomic mass is 19.3. The van der Waals surface area contributed by atoms with Crippen molar-refractivity contribution >= 4 is 11.4 Å². The number of alkyl halides is 2. The molecular weight excluding hydrogens is 274 g/mol. The first kappa shape index (κ1) is 16.3. The van der Waals surface area contributed by atoms with Gasteiger partial charge >= 0.3 is 0 Å². The van der Waals surface area contributed by atoms with Crippen LogP contribution in [-0.4, -0.2) is 36.4 Å². The Hall–Kier alpha value is -1.80. The monoisotopic (exact) mass is 290 g/mol. The number of non-ortho nitro benzene ring substituents is 1. The van der Waals surface area contributed by atoms with Crippen molar-refractivity contribution in [1.82, 2.24) is 0 Å². The van der Waals surface area contributed by atoms with Crippen LogP contribution in [0.3, 0.4) is 0 Å². The van der Waals surface area contributed by atoms with Crippen LogP contribution in [0.25, 0.3) is 0 Å². The number of nitrogens with one attached hydrogen (secondary N) is 1. The van der Waals surface area contributed by atoms with Crippen LogP contribution in [0.5, 0.6) is 0 Å². The molecule has 0 aliphatic heterocycles. The van der Waals surface area contributed by atoms with E-state index in [0.717, 1.165) is 6.07 Å². The third-order valence-electron chi connectivity index (χ3n) is 2.50. The minimum atomic E-state index is -2.79. The normalized spacial score (nSPS) is 10.8. The molecule has 0 unspecified atom stereocenters. The van der Waals surface area contributed by atoms with Gasteiger partial charge in [0.25, 0.3) is 12.1 Å². The van der Waals surface area contributed by atoms with Crippen molar-refractivity contribution in [3.63, 3.8) is 0 Å². The molecule has 0 radical (unpaired) electrons. The summed E-state index contributed by atoms with van der Waals surface area (Å²) in [4.78, 5) is 9.84. The number of anilines is 1. The predicted molar refractivity (Wildman–Crippen MR) is 69.1 cm³/mol. The Kier molecular flexibility index (Phi) is 6.82. The Labute approximate surface area is 114 Å². The highest BCUT2D eigenvalue weighted by molar-refractivity contribution is 5.56. The number of nitro benzene ring substituents is 1. The first-order valence-electron chi connectivity index (χ1n) is 6.05. The molecule has 8 heteroatoms. The van der Waals surface area contributed by atoms with Crippen LogP contribution in [0.15, 0.2) is 18.2 Å². The number of aliphatic hydroxyl groups is 1. The maximum atomic E-state index is 12.8. The van der Waals surface area contributed by atoms with Gasteiger partial charge in [-0.25, -0.2) is 8.78 Å². The van der Waals surface area contributed by atoms with Crippen molar-refractivity contribution in [2.45, 2.75) is 12.8 Å². The molecule has 6 nitrogen and oxygen atoms in total. The van der Waals surface area contributed by atoms with Gasteiger partial charge in [-0.1, -0.05) is 0 Å². The summed E-state index contributed by atoms with van der Waals surface area (Å²) in [6.07, 6.45) is -2.22. The predicted octanol–water partition coefficient (Wildman–Crippen LogP) is 2.34. The van der Waals surface area contributed by atoms with Crippen molar-refractivity contribution in [2.24, 2.45) is 0 Å². The third kappa shape index (κ3) is 5.06. The van der Waals surface area contributed by atoms with Gasteiger partial charge in [0, 0.05) is 36.5 Å². The summed E-state index contributed by atoms with van der Waals surface area (Å²) in [5, 5.41) is 21.8. The highest BCUT2D eigenvalue weighted by Gasteiger charge is 2.17. The number of nitro groups is 1. The molecule has 0 aliphatic rings. The third-order valence-corrected chi connectivity index (χ3v) is 2.50. The Balaban J connectivity index is 2.58. The number of hydrogen-bond acceptors (Lipinski definition) is 5. The van der Waals surface area contributed by atoms with Crippen LogP contribution in [0.1, 0.15) is 18.4 Å². The van der Waals surface area contributed by atoms with Gasteiger partial charge in [0.1, 0.15) is 0 Å². The highest BCUT2D eigenvalue weighted by Crippen LogP contribution is 2.30. The van der Waals surface area contributed by atoms with Gasteiger partial charge < -0.3 is 15.2 Å². The van der Waals surface area contributed by atoms with Gasteiger partial charge in [-0.2, -0.15) is 0 Å². The molecule has 0 aromatic heterocycles. The average molecular weight is 290 g/mol. The Morgan fingerprint density at radius 3 is 2.75 bits per heavy atom. The molecule has 1 rings (SSSR count). The van der Waals surface area contributed by atoms with Gasteiger partial charge in [-0.3, -0.25) is 10.1 Å². The number of hydrogen-bond donors (Lipinski definition) is 2. The van der Waals surface area contributed by atoms with E-state index in [0.29, 0.717) is 19.6 Å². The van der Waals surface area contributed by atoms with Crippen molar-refractivity contribution in [2.75, 3.05) is 31.7 Å². The minimum absolute atomic E-state index is 0.0642. The number of benzene rings is 1. The van der Waals surface area contributed by atoms with Crippen LogP contribution in [0.2, 0.25) is 0 Å². The summed E-state index contributed by atoms with van der Waals surface area (Å²) < 4.78 is 30.7. The molecule has 0 fully saturated rings. The van der Waals surface area contributed by atoms with Crippen LogP contribution in [0, 0.1) is 10.1 Å². The van der Waals surface area contributed by atoms with Gasteiger partial charge in [0.15, 0.2) is 0 Å². The van der Waals surface area contributed by atoms with E-state index in [1.165, 1.54) is 12.1 Å². The van der Waals surface area contributed by atoms with Crippen molar-refractivity contribution in [1.29, 1.82) is 0 Å². The van der Waals surface area contributed by atoms with E-state index in [-0.39, 0.29) is 24.6 Å². The van der Waals surface area contributed by atoms with E-state index in [1.54, 1.807) is 0 Å². The Morgan fingerprint density at radius 2 is 2.15 bits per heavy atom. The lowest BCUT2D eigenvalue weighted by molar-refractivity contribution is -0.385. The zero-order valence-electron chi connectivity index (χ0n) is 10.7. The molecule has 20 heavy (non-hydrogen) atoms. The average Bonchev–Trinajstić information content (AvgIpc) is 2.42. The summed E-state index contributed by atoms with van der Waals surface area (Å²) in [6, 6.07) is 3.32. The maximum absolute atomic E-state index is 12.8. The first-order valence-corrected chi connectivity index (χ1v) is 6.05. The van der Waals surface area contributed by atoms with Crippen molar-refractivity contribution in [3.05, 3.63) is 33.9 Å². The summed E-state index contributed by atoms with van der Waals surface area (Å²) in [6.45, 7) is 0.957. The minimum Gasteiger partial charge on any atom is -0.394 e. The van der Waals surface area contributed by atoms with E-state index < -0.39 is 16.9 Å². The van der Waals surface area contributed by atoms with Crippen LogP contribution in [-0.2, 0) is 4.74 Å². The molecule has 0 bridgehead atoms. The van der Waals surface area contributed by atoms with Crippen LogP contribution >= 0.6 is 0 Å². The van der Waals surface area contributed by atoms with Gasteiger partial charge in [-0.05, 0) is 12.5 Å². The SMILES string of the molecule is O=[N+]([O-])c1ccc(NCCCOCCO)c(C(F)F)c1.